The van der Waals surface area contributed by atoms with E-state index in [0.29, 0.717) is 5.56 Å². The van der Waals surface area contributed by atoms with Crippen molar-refractivity contribution in [3.63, 3.8) is 0 Å². The van der Waals surface area contributed by atoms with Gasteiger partial charge in [-0.2, -0.15) is 0 Å². The predicted molar refractivity (Wildman–Crippen MR) is 119 cm³/mol. The maximum Gasteiger partial charge on any atom is 0.258 e. The Morgan fingerprint density at radius 1 is 0.828 bits per heavy atom. The van der Waals surface area contributed by atoms with Crippen molar-refractivity contribution in [1.29, 1.82) is 0 Å². The van der Waals surface area contributed by atoms with Gasteiger partial charge in [-0.3, -0.25) is 9.59 Å². The van der Waals surface area contributed by atoms with Gasteiger partial charge >= 0.3 is 0 Å². The molecule has 0 aliphatic carbocycles. The lowest BCUT2D eigenvalue weighted by Gasteiger charge is -2.24. The smallest absolute Gasteiger partial charge is 0.258 e. The van der Waals surface area contributed by atoms with Crippen molar-refractivity contribution in [2.45, 2.75) is 26.2 Å². The molecular formula is C26H27NO2. The summed E-state index contributed by atoms with van der Waals surface area (Å²) in [7, 11) is 1.78. The molecule has 3 aromatic rings. The highest BCUT2D eigenvalue weighted by Crippen LogP contribution is 2.32. The molecule has 3 rings (SSSR count). The second-order valence-electron chi connectivity index (χ2n) is 7.36. The van der Waals surface area contributed by atoms with Crippen LogP contribution < -0.4 is 4.90 Å². The molecule has 29 heavy (non-hydrogen) atoms. The topological polar surface area (TPSA) is 37.4 Å². The van der Waals surface area contributed by atoms with E-state index in [1.165, 1.54) is 0 Å². The molecule has 2 atom stereocenters. The van der Waals surface area contributed by atoms with E-state index in [2.05, 4.69) is 13.8 Å². The molecule has 0 aliphatic rings. The molecule has 148 valence electrons. The highest BCUT2D eigenvalue weighted by molar-refractivity contribution is 6.05. The number of hydrogen-bond donors (Lipinski definition) is 0. The Balaban J connectivity index is 1.84. The van der Waals surface area contributed by atoms with Gasteiger partial charge in [-0.15, -0.1) is 0 Å². The third-order valence-electron chi connectivity index (χ3n) is 5.55. The van der Waals surface area contributed by atoms with E-state index in [4.69, 9.17) is 0 Å². The zero-order valence-electron chi connectivity index (χ0n) is 17.2. The van der Waals surface area contributed by atoms with Crippen LogP contribution in [0.15, 0.2) is 84.9 Å². The van der Waals surface area contributed by atoms with Gasteiger partial charge in [0.1, 0.15) is 0 Å². The SMILES string of the molecule is CCC(C(=O)c1ccccc1)C(C)c1cccc(N(C)C(=O)c2ccccc2)c1. The van der Waals surface area contributed by atoms with Gasteiger partial charge in [0.15, 0.2) is 5.78 Å². The van der Waals surface area contributed by atoms with Crippen molar-refractivity contribution in [3.8, 4) is 0 Å². The molecule has 3 heteroatoms. The van der Waals surface area contributed by atoms with Crippen molar-refractivity contribution in [2.75, 3.05) is 11.9 Å². The molecule has 2 unspecified atom stereocenters. The number of carbonyl (C=O) groups excluding carboxylic acids is 2. The summed E-state index contributed by atoms with van der Waals surface area (Å²) in [6.45, 7) is 4.14. The van der Waals surface area contributed by atoms with Crippen LogP contribution in [-0.2, 0) is 0 Å². The number of anilines is 1. The van der Waals surface area contributed by atoms with E-state index in [1.54, 1.807) is 11.9 Å². The minimum Gasteiger partial charge on any atom is -0.311 e. The molecule has 0 fully saturated rings. The molecule has 0 saturated heterocycles. The minimum absolute atomic E-state index is 0.0490. The number of benzene rings is 3. The van der Waals surface area contributed by atoms with Gasteiger partial charge in [-0.05, 0) is 42.2 Å². The molecule has 0 aromatic heterocycles. The van der Waals surface area contributed by atoms with E-state index in [0.717, 1.165) is 23.2 Å². The standard InChI is InChI=1S/C26H27NO2/c1-4-24(25(28)20-12-7-5-8-13-20)19(2)22-16-11-17-23(18-22)27(3)26(29)21-14-9-6-10-15-21/h5-19,24H,4H2,1-3H3. The van der Waals surface area contributed by atoms with Crippen molar-refractivity contribution in [1.82, 2.24) is 0 Å². The number of amides is 1. The molecule has 0 heterocycles. The summed E-state index contributed by atoms with van der Waals surface area (Å²) >= 11 is 0. The van der Waals surface area contributed by atoms with Gasteiger partial charge in [0.25, 0.3) is 5.91 Å². The third kappa shape index (κ3) is 4.62. The lowest BCUT2D eigenvalue weighted by molar-refractivity contribution is 0.0899. The van der Waals surface area contributed by atoms with E-state index in [-0.39, 0.29) is 23.5 Å². The fraction of sp³-hybridized carbons (Fsp3) is 0.231. The summed E-state index contributed by atoms with van der Waals surface area (Å²) in [6, 6.07) is 26.7. The largest absolute Gasteiger partial charge is 0.311 e. The average Bonchev–Trinajstić information content (AvgIpc) is 2.79. The first-order valence-electron chi connectivity index (χ1n) is 10.0. The van der Waals surface area contributed by atoms with Crippen LogP contribution in [0.4, 0.5) is 5.69 Å². The Morgan fingerprint density at radius 3 is 2.00 bits per heavy atom. The summed E-state index contributed by atoms with van der Waals surface area (Å²) in [5.74, 6) is 0.0539. The third-order valence-corrected chi connectivity index (χ3v) is 5.55. The predicted octanol–water partition coefficient (Wildman–Crippen LogP) is 5.98. The molecule has 1 amide bonds. The van der Waals surface area contributed by atoms with Crippen molar-refractivity contribution in [2.24, 2.45) is 5.92 Å². The van der Waals surface area contributed by atoms with Gasteiger partial charge in [-0.1, -0.05) is 74.5 Å². The van der Waals surface area contributed by atoms with Crippen LogP contribution in [0.1, 0.15) is 52.5 Å². The number of nitrogens with zero attached hydrogens (tertiary/aromatic N) is 1. The van der Waals surface area contributed by atoms with E-state index in [9.17, 15) is 9.59 Å². The number of hydrogen-bond acceptors (Lipinski definition) is 2. The van der Waals surface area contributed by atoms with Crippen molar-refractivity contribution >= 4 is 17.4 Å². The molecule has 0 N–H and O–H groups in total. The molecule has 0 spiro atoms. The van der Waals surface area contributed by atoms with E-state index < -0.39 is 0 Å². The lowest BCUT2D eigenvalue weighted by atomic mass is 9.81. The van der Waals surface area contributed by atoms with Crippen LogP contribution in [0, 0.1) is 5.92 Å². The van der Waals surface area contributed by atoms with Gasteiger partial charge in [0.05, 0.1) is 0 Å². The molecule has 0 aliphatic heterocycles. The number of Topliss-reactive ketones (excluding diaryl/α,β-unsaturated/α-hetero) is 1. The Morgan fingerprint density at radius 2 is 1.41 bits per heavy atom. The molecule has 0 radical (unpaired) electrons. The van der Waals surface area contributed by atoms with Crippen LogP contribution in [0.3, 0.4) is 0 Å². The number of rotatable bonds is 7. The van der Waals surface area contributed by atoms with Crippen LogP contribution in [0.5, 0.6) is 0 Å². The van der Waals surface area contributed by atoms with Crippen LogP contribution in [0.2, 0.25) is 0 Å². The molecular weight excluding hydrogens is 358 g/mol. The molecule has 0 bridgehead atoms. The fourth-order valence-corrected chi connectivity index (χ4v) is 3.72. The highest BCUT2D eigenvalue weighted by Gasteiger charge is 2.26. The van der Waals surface area contributed by atoms with Gasteiger partial charge in [0, 0.05) is 29.8 Å². The summed E-state index contributed by atoms with van der Waals surface area (Å²) in [4.78, 5) is 27.5. The van der Waals surface area contributed by atoms with Crippen LogP contribution in [0.25, 0.3) is 0 Å². The van der Waals surface area contributed by atoms with Gasteiger partial charge in [0.2, 0.25) is 0 Å². The summed E-state index contributed by atoms with van der Waals surface area (Å²) in [5.41, 5.74) is 3.29. The Labute approximate surface area is 173 Å². The first-order valence-corrected chi connectivity index (χ1v) is 10.0. The highest BCUT2D eigenvalue weighted by atomic mass is 16.2. The number of ketones is 1. The van der Waals surface area contributed by atoms with Gasteiger partial charge in [-0.25, -0.2) is 0 Å². The van der Waals surface area contributed by atoms with Crippen molar-refractivity contribution in [3.05, 3.63) is 102 Å². The number of carbonyl (C=O) groups is 2. The first-order chi connectivity index (χ1) is 14.0. The normalized spacial score (nSPS) is 12.8. The second-order valence-corrected chi connectivity index (χ2v) is 7.36. The zero-order chi connectivity index (χ0) is 20.8. The Hall–Kier alpha value is -3.20. The maximum atomic E-state index is 13.0. The van der Waals surface area contributed by atoms with Crippen LogP contribution >= 0.6 is 0 Å². The molecule has 3 nitrogen and oxygen atoms in total. The first kappa shape index (κ1) is 20.5. The summed E-state index contributed by atoms with van der Waals surface area (Å²) in [6.07, 6.45) is 0.762. The van der Waals surface area contributed by atoms with Crippen LogP contribution in [-0.4, -0.2) is 18.7 Å². The van der Waals surface area contributed by atoms with Gasteiger partial charge < -0.3 is 4.90 Å². The van der Waals surface area contributed by atoms with E-state index >= 15 is 0 Å². The van der Waals surface area contributed by atoms with Crippen molar-refractivity contribution < 1.29 is 9.59 Å². The second kappa shape index (κ2) is 9.33. The quantitative estimate of drug-likeness (QED) is 0.470. The summed E-state index contributed by atoms with van der Waals surface area (Å²) < 4.78 is 0. The Kier molecular flexibility index (Phi) is 6.61. The van der Waals surface area contributed by atoms with E-state index in [1.807, 2.05) is 84.9 Å². The average molecular weight is 386 g/mol. The Bertz CT molecular complexity index is 966. The zero-order valence-corrected chi connectivity index (χ0v) is 17.2. The maximum absolute atomic E-state index is 13.0. The summed E-state index contributed by atoms with van der Waals surface area (Å²) in [5, 5.41) is 0. The monoisotopic (exact) mass is 385 g/mol. The molecule has 0 saturated carbocycles. The fourth-order valence-electron chi connectivity index (χ4n) is 3.72. The molecule has 3 aromatic carbocycles. The lowest BCUT2D eigenvalue weighted by Crippen LogP contribution is -2.26. The minimum atomic E-state index is -0.109.